The smallest absolute Gasteiger partial charge is 0.243 e. The predicted molar refractivity (Wildman–Crippen MR) is 137 cm³/mol. The highest BCUT2D eigenvalue weighted by molar-refractivity contribution is 7.92. The fourth-order valence-corrected chi connectivity index (χ4v) is 4.85. The summed E-state index contributed by atoms with van der Waals surface area (Å²) < 4.78 is 39.1. The maximum atomic E-state index is 13.4. The molecule has 2 aromatic carbocycles. The third-order valence-corrected chi connectivity index (χ3v) is 6.88. The van der Waals surface area contributed by atoms with Crippen molar-refractivity contribution in [2.45, 2.75) is 65.6 Å². The molecule has 0 saturated carbocycles. The Hall–Kier alpha value is -2.94. The van der Waals surface area contributed by atoms with E-state index in [4.69, 9.17) is 0 Å². The number of halogens is 1. The van der Waals surface area contributed by atoms with Gasteiger partial charge in [0.1, 0.15) is 11.9 Å². The van der Waals surface area contributed by atoms with Crippen LogP contribution >= 0.6 is 0 Å². The lowest BCUT2D eigenvalue weighted by atomic mass is 10.0. The number of nitrogens with one attached hydrogen (secondary N) is 1. The van der Waals surface area contributed by atoms with Crippen LogP contribution in [-0.2, 0) is 26.2 Å². The van der Waals surface area contributed by atoms with E-state index >= 15 is 0 Å². The van der Waals surface area contributed by atoms with E-state index in [0.29, 0.717) is 12.1 Å². The van der Waals surface area contributed by atoms with Crippen LogP contribution < -0.4 is 9.62 Å². The van der Waals surface area contributed by atoms with E-state index in [1.165, 1.54) is 24.3 Å². The number of benzene rings is 2. The normalized spacial score (nSPS) is 12.3. The van der Waals surface area contributed by atoms with Gasteiger partial charge in [0.25, 0.3) is 0 Å². The number of sulfonamides is 1. The zero-order valence-corrected chi connectivity index (χ0v) is 21.9. The lowest BCUT2D eigenvalue weighted by molar-refractivity contribution is -0.141. The van der Waals surface area contributed by atoms with Crippen molar-refractivity contribution in [2.75, 3.05) is 17.1 Å². The van der Waals surface area contributed by atoms with Crippen LogP contribution in [0.15, 0.2) is 48.5 Å². The van der Waals surface area contributed by atoms with Crippen LogP contribution in [0.3, 0.4) is 0 Å². The van der Waals surface area contributed by atoms with Crippen molar-refractivity contribution in [1.82, 2.24) is 10.2 Å². The molecule has 0 bridgehead atoms. The Balaban J connectivity index is 2.22. The minimum atomic E-state index is -3.63. The van der Waals surface area contributed by atoms with Crippen molar-refractivity contribution < 1.29 is 22.4 Å². The van der Waals surface area contributed by atoms with Gasteiger partial charge in [0.2, 0.25) is 21.8 Å². The Bertz CT molecular complexity index is 1100. The first-order valence-electron chi connectivity index (χ1n) is 11.8. The number of amides is 2. The van der Waals surface area contributed by atoms with Crippen molar-refractivity contribution in [1.29, 1.82) is 0 Å². The Labute approximate surface area is 208 Å². The molecule has 0 saturated heterocycles. The quantitative estimate of drug-likeness (QED) is 0.472. The van der Waals surface area contributed by atoms with Crippen LogP contribution in [-0.4, -0.2) is 50.0 Å². The SMILES string of the molecule is CCC(C(=O)NC(C)C)N(Cc1ccccc1C)C(=O)CCCN(c1ccc(F)cc1)S(C)(=O)=O. The van der Waals surface area contributed by atoms with Crippen molar-refractivity contribution in [3.8, 4) is 0 Å². The molecule has 0 spiro atoms. The number of hydrogen-bond donors (Lipinski definition) is 1. The van der Waals surface area contributed by atoms with Gasteiger partial charge in [-0.2, -0.15) is 0 Å². The molecule has 0 aromatic heterocycles. The van der Waals surface area contributed by atoms with Gasteiger partial charge < -0.3 is 10.2 Å². The van der Waals surface area contributed by atoms with Gasteiger partial charge in [0.05, 0.1) is 11.9 Å². The summed E-state index contributed by atoms with van der Waals surface area (Å²) in [4.78, 5) is 27.9. The highest BCUT2D eigenvalue weighted by Crippen LogP contribution is 2.20. The van der Waals surface area contributed by atoms with Crippen LogP contribution in [0.25, 0.3) is 0 Å². The predicted octanol–water partition coefficient (Wildman–Crippen LogP) is 4.01. The number of carbonyl (C=O) groups is 2. The highest BCUT2D eigenvalue weighted by Gasteiger charge is 2.29. The van der Waals surface area contributed by atoms with Gasteiger partial charge in [-0.3, -0.25) is 13.9 Å². The van der Waals surface area contributed by atoms with Gasteiger partial charge in [0.15, 0.2) is 0 Å². The molecule has 35 heavy (non-hydrogen) atoms. The summed E-state index contributed by atoms with van der Waals surface area (Å²) in [7, 11) is -3.63. The fourth-order valence-electron chi connectivity index (χ4n) is 3.88. The first kappa shape index (κ1) is 28.3. The Kier molecular flexibility index (Phi) is 10.2. The van der Waals surface area contributed by atoms with E-state index in [0.717, 1.165) is 21.7 Å². The van der Waals surface area contributed by atoms with Crippen LogP contribution in [0.4, 0.5) is 10.1 Å². The summed E-state index contributed by atoms with van der Waals surface area (Å²) in [5, 5.41) is 2.90. The first-order valence-corrected chi connectivity index (χ1v) is 13.7. The van der Waals surface area contributed by atoms with E-state index in [2.05, 4.69) is 5.32 Å². The lowest BCUT2D eigenvalue weighted by Gasteiger charge is -2.32. The lowest BCUT2D eigenvalue weighted by Crippen LogP contribution is -2.50. The number of anilines is 1. The average Bonchev–Trinajstić information content (AvgIpc) is 2.77. The van der Waals surface area contributed by atoms with E-state index in [-0.39, 0.29) is 43.8 Å². The van der Waals surface area contributed by atoms with E-state index in [1.807, 2.05) is 52.0 Å². The Morgan fingerprint density at radius 3 is 2.23 bits per heavy atom. The van der Waals surface area contributed by atoms with Gasteiger partial charge in [-0.05, 0) is 69.0 Å². The minimum absolute atomic E-state index is 0.0589. The van der Waals surface area contributed by atoms with Crippen molar-refractivity contribution >= 4 is 27.5 Å². The summed E-state index contributed by atoms with van der Waals surface area (Å²) in [6.45, 7) is 7.90. The molecule has 0 aliphatic heterocycles. The molecule has 2 aromatic rings. The molecule has 0 fully saturated rings. The molecule has 0 heterocycles. The van der Waals surface area contributed by atoms with E-state index in [9.17, 15) is 22.4 Å². The molecule has 192 valence electrons. The number of rotatable bonds is 12. The monoisotopic (exact) mass is 505 g/mol. The van der Waals surface area contributed by atoms with Gasteiger partial charge in [-0.25, -0.2) is 12.8 Å². The maximum Gasteiger partial charge on any atom is 0.243 e. The van der Waals surface area contributed by atoms with Crippen LogP contribution in [0.2, 0.25) is 0 Å². The van der Waals surface area contributed by atoms with E-state index in [1.54, 1.807) is 4.90 Å². The summed E-state index contributed by atoms with van der Waals surface area (Å²) in [5.74, 6) is -0.908. The van der Waals surface area contributed by atoms with Gasteiger partial charge >= 0.3 is 0 Å². The van der Waals surface area contributed by atoms with Crippen molar-refractivity contribution in [2.24, 2.45) is 0 Å². The molecule has 1 N–H and O–H groups in total. The first-order chi connectivity index (χ1) is 16.4. The highest BCUT2D eigenvalue weighted by atomic mass is 32.2. The molecular formula is C26H36FN3O4S. The van der Waals surface area contributed by atoms with Crippen molar-refractivity contribution in [3.05, 3.63) is 65.5 Å². The molecule has 0 aliphatic rings. The summed E-state index contributed by atoms with van der Waals surface area (Å²) >= 11 is 0. The standard InChI is InChI=1S/C26H36FN3O4S/c1-6-24(26(32)28-19(2)3)29(18-21-11-8-7-10-20(21)4)25(31)12-9-17-30(35(5,33)34)23-15-13-22(27)14-16-23/h7-8,10-11,13-16,19,24H,6,9,12,17-18H2,1-5H3,(H,28,32). The van der Waals surface area contributed by atoms with Crippen molar-refractivity contribution in [3.63, 3.8) is 0 Å². The molecule has 1 unspecified atom stereocenters. The zero-order chi connectivity index (χ0) is 26.2. The molecule has 9 heteroatoms. The second-order valence-corrected chi connectivity index (χ2v) is 10.9. The fraction of sp³-hybridized carbons (Fsp3) is 0.462. The molecule has 0 radical (unpaired) electrons. The van der Waals surface area contributed by atoms with E-state index < -0.39 is 21.9 Å². The maximum absolute atomic E-state index is 13.4. The third-order valence-electron chi connectivity index (χ3n) is 5.69. The number of hydrogen-bond acceptors (Lipinski definition) is 4. The molecule has 2 rings (SSSR count). The summed E-state index contributed by atoms with van der Waals surface area (Å²) in [6.07, 6.45) is 1.83. The second-order valence-electron chi connectivity index (χ2n) is 8.95. The average molecular weight is 506 g/mol. The van der Waals surface area contributed by atoms with Gasteiger partial charge in [-0.15, -0.1) is 0 Å². The van der Waals surface area contributed by atoms with Crippen LogP contribution in [0, 0.1) is 12.7 Å². The molecule has 7 nitrogen and oxygen atoms in total. The number of nitrogens with zero attached hydrogens (tertiary/aromatic N) is 2. The second kappa shape index (κ2) is 12.7. The zero-order valence-electron chi connectivity index (χ0n) is 21.1. The van der Waals surface area contributed by atoms with Crippen LogP contribution in [0.5, 0.6) is 0 Å². The molecular weight excluding hydrogens is 469 g/mol. The number of aryl methyl sites for hydroxylation is 1. The van der Waals surface area contributed by atoms with Gasteiger partial charge in [0, 0.05) is 25.6 Å². The minimum Gasteiger partial charge on any atom is -0.352 e. The summed E-state index contributed by atoms with van der Waals surface area (Å²) in [6, 6.07) is 12.2. The third kappa shape index (κ3) is 8.35. The van der Waals surface area contributed by atoms with Crippen LogP contribution in [0.1, 0.15) is 51.2 Å². The molecule has 1 atom stereocenters. The Morgan fingerprint density at radius 2 is 1.69 bits per heavy atom. The summed E-state index contributed by atoms with van der Waals surface area (Å²) in [5.41, 5.74) is 2.30. The molecule has 0 aliphatic carbocycles. The number of carbonyl (C=O) groups excluding carboxylic acids is 2. The molecule has 2 amide bonds. The van der Waals surface area contributed by atoms with Gasteiger partial charge in [-0.1, -0.05) is 31.2 Å². The Morgan fingerprint density at radius 1 is 1.06 bits per heavy atom. The topological polar surface area (TPSA) is 86.8 Å². The largest absolute Gasteiger partial charge is 0.352 e.